The van der Waals surface area contributed by atoms with Crippen molar-refractivity contribution < 1.29 is 19.1 Å². The number of furan rings is 1. The van der Waals surface area contributed by atoms with E-state index in [0.29, 0.717) is 16.0 Å². The van der Waals surface area contributed by atoms with Crippen LogP contribution in [0, 0.1) is 0 Å². The van der Waals surface area contributed by atoms with Crippen LogP contribution >= 0.6 is 11.6 Å². The third kappa shape index (κ3) is 1.52. The van der Waals surface area contributed by atoms with Crippen LogP contribution in [0.2, 0.25) is 5.02 Å². The molecule has 2 aromatic rings. The number of ether oxygens (including phenoxy) is 1. The lowest BCUT2D eigenvalue weighted by atomic mass is 10.3. The quantitative estimate of drug-likeness (QED) is 0.738. The highest BCUT2D eigenvalue weighted by molar-refractivity contribution is 6.34. The summed E-state index contributed by atoms with van der Waals surface area (Å²) in [6.07, 6.45) is -1.42. The van der Waals surface area contributed by atoms with Crippen molar-refractivity contribution >= 4 is 28.7 Å². The smallest absolute Gasteiger partial charge is 0.449 e. The number of hydrogen-bond donors (Lipinski definition) is 1. The standard InChI is InChI=1S/C9H5ClO4/c10-6-3-1-2-5-4-7(13-8(5)6)14-9(11)12/h1-4H,(H,11,12). The minimum absolute atomic E-state index is 0.0828. The Bertz CT molecular complexity index is 489. The van der Waals surface area contributed by atoms with Gasteiger partial charge in [0.25, 0.3) is 5.95 Å². The summed E-state index contributed by atoms with van der Waals surface area (Å²) in [6, 6.07) is 6.61. The van der Waals surface area contributed by atoms with Gasteiger partial charge in [0, 0.05) is 11.5 Å². The van der Waals surface area contributed by atoms with E-state index < -0.39 is 6.16 Å². The number of hydrogen-bond acceptors (Lipinski definition) is 3. The second-order valence-corrected chi connectivity index (χ2v) is 3.00. The molecule has 0 amide bonds. The van der Waals surface area contributed by atoms with Crippen molar-refractivity contribution in [3.63, 3.8) is 0 Å². The van der Waals surface area contributed by atoms with Crippen LogP contribution < -0.4 is 4.74 Å². The minimum atomic E-state index is -1.42. The van der Waals surface area contributed by atoms with Crippen molar-refractivity contribution in [3.05, 3.63) is 29.3 Å². The number of rotatable bonds is 1. The molecule has 72 valence electrons. The van der Waals surface area contributed by atoms with Crippen LogP contribution in [0.1, 0.15) is 0 Å². The molecule has 1 aromatic carbocycles. The van der Waals surface area contributed by atoms with Gasteiger partial charge in [-0.15, -0.1) is 0 Å². The van der Waals surface area contributed by atoms with Crippen molar-refractivity contribution in [2.75, 3.05) is 0 Å². The van der Waals surface area contributed by atoms with Crippen molar-refractivity contribution in [1.29, 1.82) is 0 Å². The maximum absolute atomic E-state index is 10.2. The molecule has 0 saturated carbocycles. The highest BCUT2D eigenvalue weighted by Crippen LogP contribution is 2.30. The second kappa shape index (κ2) is 3.23. The number of para-hydroxylation sites is 1. The average molecular weight is 213 g/mol. The fourth-order valence-corrected chi connectivity index (χ4v) is 1.36. The molecule has 0 radical (unpaired) electrons. The van der Waals surface area contributed by atoms with Gasteiger partial charge in [-0.3, -0.25) is 0 Å². The van der Waals surface area contributed by atoms with E-state index in [4.69, 9.17) is 21.1 Å². The lowest BCUT2D eigenvalue weighted by Crippen LogP contribution is -2.01. The first-order chi connectivity index (χ1) is 6.66. The third-order valence-corrected chi connectivity index (χ3v) is 1.96. The first kappa shape index (κ1) is 8.90. The maximum atomic E-state index is 10.2. The summed E-state index contributed by atoms with van der Waals surface area (Å²) >= 11 is 5.81. The van der Waals surface area contributed by atoms with Gasteiger partial charge in [-0.25, -0.2) is 4.79 Å². The van der Waals surface area contributed by atoms with Gasteiger partial charge in [0.15, 0.2) is 5.58 Å². The SMILES string of the molecule is O=C(O)Oc1cc2cccc(Cl)c2o1. The van der Waals surface area contributed by atoms with E-state index in [2.05, 4.69) is 4.74 Å². The number of halogens is 1. The molecule has 0 unspecified atom stereocenters. The highest BCUT2D eigenvalue weighted by atomic mass is 35.5. The second-order valence-electron chi connectivity index (χ2n) is 2.59. The van der Waals surface area contributed by atoms with Crippen LogP contribution in [0.3, 0.4) is 0 Å². The molecule has 1 N–H and O–H groups in total. The molecule has 5 heteroatoms. The summed E-state index contributed by atoms with van der Waals surface area (Å²) in [5.74, 6) is -0.0828. The molecule has 0 aliphatic heterocycles. The van der Waals surface area contributed by atoms with Crippen LogP contribution in [0.25, 0.3) is 11.0 Å². The van der Waals surface area contributed by atoms with Gasteiger partial charge in [0.05, 0.1) is 5.02 Å². The van der Waals surface area contributed by atoms with Gasteiger partial charge in [0.2, 0.25) is 0 Å². The van der Waals surface area contributed by atoms with Gasteiger partial charge in [-0.05, 0) is 6.07 Å². The Morgan fingerprint density at radius 3 is 2.93 bits per heavy atom. The Kier molecular flexibility index (Phi) is 2.05. The van der Waals surface area contributed by atoms with Crippen molar-refractivity contribution in [2.45, 2.75) is 0 Å². The van der Waals surface area contributed by atoms with E-state index in [1.165, 1.54) is 6.07 Å². The average Bonchev–Trinajstić information content (AvgIpc) is 2.47. The van der Waals surface area contributed by atoms with Gasteiger partial charge in [-0.1, -0.05) is 23.7 Å². The monoisotopic (exact) mass is 212 g/mol. The number of carbonyl (C=O) groups is 1. The van der Waals surface area contributed by atoms with Crippen LogP contribution in [0.4, 0.5) is 4.79 Å². The summed E-state index contributed by atoms with van der Waals surface area (Å²) in [7, 11) is 0. The molecule has 1 heterocycles. The molecule has 1 aromatic heterocycles. The number of benzene rings is 1. The van der Waals surface area contributed by atoms with Crippen molar-refractivity contribution in [3.8, 4) is 5.95 Å². The van der Waals surface area contributed by atoms with Crippen molar-refractivity contribution in [2.24, 2.45) is 0 Å². The van der Waals surface area contributed by atoms with E-state index in [-0.39, 0.29) is 5.95 Å². The van der Waals surface area contributed by atoms with E-state index >= 15 is 0 Å². The highest BCUT2D eigenvalue weighted by Gasteiger charge is 2.09. The normalized spacial score (nSPS) is 10.4. The zero-order valence-corrected chi connectivity index (χ0v) is 7.62. The lowest BCUT2D eigenvalue weighted by Gasteiger charge is -1.91. The molecule has 2 rings (SSSR count). The summed E-state index contributed by atoms with van der Waals surface area (Å²) in [4.78, 5) is 10.2. The van der Waals surface area contributed by atoms with E-state index in [1.54, 1.807) is 18.2 Å². The van der Waals surface area contributed by atoms with Gasteiger partial charge in [0.1, 0.15) is 0 Å². The van der Waals surface area contributed by atoms with Crippen molar-refractivity contribution in [1.82, 2.24) is 0 Å². The largest absolute Gasteiger partial charge is 0.513 e. The first-order valence-electron chi connectivity index (χ1n) is 3.75. The van der Waals surface area contributed by atoms with E-state index in [9.17, 15) is 4.79 Å². The summed E-state index contributed by atoms with van der Waals surface area (Å²) < 4.78 is 9.42. The molecule has 0 spiro atoms. The third-order valence-electron chi connectivity index (χ3n) is 1.66. The maximum Gasteiger partial charge on any atom is 0.513 e. The predicted octanol–water partition coefficient (Wildman–Crippen LogP) is 3.14. The zero-order valence-electron chi connectivity index (χ0n) is 6.86. The summed E-state index contributed by atoms with van der Waals surface area (Å²) in [5.41, 5.74) is 0.422. The summed E-state index contributed by atoms with van der Waals surface area (Å²) in [5, 5.41) is 9.47. The minimum Gasteiger partial charge on any atom is -0.449 e. The molecule has 4 nitrogen and oxygen atoms in total. The molecule has 0 fully saturated rings. The van der Waals surface area contributed by atoms with Gasteiger partial charge >= 0.3 is 6.16 Å². The summed E-state index contributed by atoms with van der Waals surface area (Å²) in [6.45, 7) is 0. The number of fused-ring (bicyclic) bond motifs is 1. The van der Waals surface area contributed by atoms with Gasteiger partial charge in [-0.2, -0.15) is 0 Å². The Labute approximate surface area is 83.6 Å². The Hall–Kier alpha value is -1.68. The molecule has 0 atom stereocenters. The van der Waals surface area contributed by atoms with E-state index in [1.807, 2.05) is 0 Å². The lowest BCUT2D eigenvalue weighted by molar-refractivity contribution is 0.134. The zero-order chi connectivity index (χ0) is 10.1. The first-order valence-corrected chi connectivity index (χ1v) is 4.13. The Morgan fingerprint density at radius 1 is 1.50 bits per heavy atom. The molecular weight excluding hydrogens is 208 g/mol. The predicted molar refractivity (Wildman–Crippen MR) is 49.9 cm³/mol. The topological polar surface area (TPSA) is 59.7 Å². The molecule has 0 saturated heterocycles. The van der Waals surface area contributed by atoms with Crippen LogP contribution in [-0.4, -0.2) is 11.3 Å². The van der Waals surface area contributed by atoms with Crippen LogP contribution in [-0.2, 0) is 0 Å². The molecule has 0 aliphatic carbocycles. The van der Waals surface area contributed by atoms with Gasteiger partial charge < -0.3 is 14.3 Å². The molecular formula is C9H5ClO4. The Morgan fingerprint density at radius 2 is 2.29 bits per heavy atom. The van der Waals surface area contributed by atoms with Crippen LogP contribution in [0.5, 0.6) is 5.95 Å². The molecule has 14 heavy (non-hydrogen) atoms. The molecule has 0 bridgehead atoms. The van der Waals surface area contributed by atoms with Crippen LogP contribution in [0.15, 0.2) is 28.7 Å². The Balaban J connectivity index is 2.51. The molecule has 0 aliphatic rings. The number of carboxylic acid groups (broad SMARTS) is 1. The fraction of sp³-hybridized carbons (Fsp3) is 0. The fourth-order valence-electron chi connectivity index (χ4n) is 1.14. The van der Waals surface area contributed by atoms with E-state index in [0.717, 1.165) is 0 Å².